The zero-order valence-corrected chi connectivity index (χ0v) is 15.1. The Morgan fingerprint density at radius 3 is 1.65 bits per heavy atom. The van der Waals surface area contributed by atoms with Crippen LogP contribution in [0.4, 0.5) is 0 Å². The second kappa shape index (κ2) is 19.4. The summed E-state index contributed by atoms with van der Waals surface area (Å²) in [6.07, 6.45) is 7.90. The van der Waals surface area contributed by atoms with Gasteiger partial charge in [-0.15, -0.1) is 0 Å². The minimum absolute atomic E-state index is 0.124. The zero-order valence-electron chi connectivity index (χ0n) is 15.1. The first kappa shape index (κ1) is 22.4. The van der Waals surface area contributed by atoms with Crippen LogP contribution < -0.4 is 0 Å². The van der Waals surface area contributed by atoms with Crippen molar-refractivity contribution in [3.8, 4) is 0 Å². The van der Waals surface area contributed by atoms with Crippen molar-refractivity contribution < 1.29 is 23.7 Å². The lowest BCUT2D eigenvalue weighted by atomic mass is 10.3. The molecule has 0 aromatic carbocycles. The minimum atomic E-state index is -0.124. The Kier molecular flexibility index (Phi) is 18.8. The van der Waals surface area contributed by atoms with Gasteiger partial charge < -0.3 is 18.9 Å². The maximum absolute atomic E-state index is 11.4. The van der Waals surface area contributed by atoms with E-state index in [-0.39, 0.29) is 5.97 Å². The molecule has 0 saturated carbocycles. The second-order valence-corrected chi connectivity index (χ2v) is 5.58. The van der Waals surface area contributed by atoms with Crippen molar-refractivity contribution >= 4 is 5.97 Å². The molecule has 0 fully saturated rings. The molecule has 138 valence electrons. The largest absolute Gasteiger partial charge is 0.466 e. The highest BCUT2D eigenvalue weighted by Crippen LogP contribution is 1.98. The summed E-state index contributed by atoms with van der Waals surface area (Å²) in [5.74, 6) is -0.124. The molecular weight excluding hydrogens is 296 g/mol. The van der Waals surface area contributed by atoms with Gasteiger partial charge in [0.25, 0.3) is 0 Å². The first-order valence-corrected chi connectivity index (χ1v) is 9.20. The Bertz CT molecular complexity index is 246. The second-order valence-electron chi connectivity index (χ2n) is 5.58. The molecule has 0 saturated heterocycles. The average molecular weight is 332 g/mol. The molecule has 0 heterocycles. The van der Waals surface area contributed by atoms with Crippen LogP contribution in [0.15, 0.2) is 0 Å². The van der Waals surface area contributed by atoms with E-state index in [1.165, 1.54) is 12.8 Å². The van der Waals surface area contributed by atoms with Crippen molar-refractivity contribution in [1.29, 1.82) is 0 Å². The molecule has 5 nitrogen and oxygen atoms in total. The number of ether oxygens (including phenoxy) is 4. The van der Waals surface area contributed by atoms with E-state index in [1.54, 1.807) is 0 Å². The van der Waals surface area contributed by atoms with Gasteiger partial charge >= 0.3 is 5.97 Å². The quantitative estimate of drug-likeness (QED) is 0.283. The summed E-state index contributed by atoms with van der Waals surface area (Å²) >= 11 is 0. The molecule has 0 spiro atoms. The molecule has 0 aliphatic rings. The number of carbonyl (C=O) groups excluding carboxylic acids is 1. The Morgan fingerprint density at radius 2 is 1.09 bits per heavy atom. The third-order valence-corrected chi connectivity index (χ3v) is 3.32. The Morgan fingerprint density at radius 1 is 0.609 bits per heavy atom. The van der Waals surface area contributed by atoms with Crippen molar-refractivity contribution in [2.24, 2.45) is 0 Å². The molecule has 23 heavy (non-hydrogen) atoms. The van der Waals surface area contributed by atoms with Gasteiger partial charge in [0, 0.05) is 19.6 Å². The Labute approximate surface area is 142 Å². The van der Waals surface area contributed by atoms with Gasteiger partial charge in [0.05, 0.1) is 33.0 Å². The molecule has 0 unspecified atom stereocenters. The van der Waals surface area contributed by atoms with E-state index >= 15 is 0 Å². The van der Waals surface area contributed by atoms with Crippen molar-refractivity contribution in [2.75, 3.05) is 46.2 Å². The smallest absolute Gasteiger partial charge is 0.305 e. The van der Waals surface area contributed by atoms with E-state index in [4.69, 9.17) is 18.9 Å². The fourth-order valence-electron chi connectivity index (χ4n) is 1.92. The first-order chi connectivity index (χ1) is 11.3. The summed E-state index contributed by atoms with van der Waals surface area (Å²) in [7, 11) is 0. The van der Waals surface area contributed by atoms with Gasteiger partial charge in [0.2, 0.25) is 0 Å². The molecule has 0 aliphatic carbocycles. The topological polar surface area (TPSA) is 54.0 Å². The highest BCUT2D eigenvalue weighted by molar-refractivity contribution is 5.69. The zero-order chi connectivity index (χ0) is 17.0. The van der Waals surface area contributed by atoms with Gasteiger partial charge in [-0.3, -0.25) is 4.79 Å². The van der Waals surface area contributed by atoms with E-state index in [0.29, 0.717) is 52.5 Å². The van der Waals surface area contributed by atoms with Crippen LogP contribution in [0.2, 0.25) is 0 Å². The SMILES string of the molecule is CCCCCOCCOCCOCCCC(=O)OCCCCC. The van der Waals surface area contributed by atoms with Crippen molar-refractivity contribution in [3.05, 3.63) is 0 Å². The molecule has 0 N–H and O–H groups in total. The monoisotopic (exact) mass is 332 g/mol. The Hall–Kier alpha value is -0.650. The summed E-state index contributed by atoms with van der Waals surface area (Å²) in [5, 5.41) is 0. The third kappa shape index (κ3) is 19.3. The fourth-order valence-corrected chi connectivity index (χ4v) is 1.92. The number of hydrogen-bond acceptors (Lipinski definition) is 5. The molecular formula is C18H36O5. The van der Waals surface area contributed by atoms with Crippen LogP contribution in [-0.2, 0) is 23.7 Å². The maximum atomic E-state index is 11.4. The van der Waals surface area contributed by atoms with E-state index in [1.807, 2.05) is 0 Å². The molecule has 0 radical (unpaired) electrons. The van der Waals surface area contributed by atoms with Crippen LogP contribution in [0.1, 0.15) is 65.2 Å². The van der Waals surface area contributed by atoms with Crippen LogP contribution >= 0.6 is 0 Å². The molecule has 0 rings (SSSR count). The van der Waals surface area contributed by atoms with Crippen molar-refractivity contribution in [3.63, 3.8) is 0 Å². The van der Waals surface area contributed by atoms with Gasteiger partial charge in [0.15, 0.2) is 0 Å². The van der Waals surface area contributed by atoms with Crippen LogP contribution in [0, 0.1) is 0 Å². The van der Waals surface area contributed by atoms with Crippen LogP contribution in [-0.4, -0.2) is 52.2 Å². The van der Waals surface area contributed by atoms with Gasteiger partial charge in [-0.1, -0.05) is 39.5 Å². The first-order valence-electron chi connectivity index (χ1n) is 9.20. The van der Waals surface area contributed by atoms with Crippen LogP contribution in [0.5, 0.6) is 0 Å². The number of rotatable bonds is 18. The molecule has 5 heteroatoms. The van der Waals surface area contributed by atoms with E-state index in [9.17, 15) is 4.79 Å². The lowest BCUT2D eigenvalue weighted by Gasteiger charge is -2.07. The molecule has 0 aromatic rings. The third-order valence-electron chi connectivity index (χ3n) is 3.32. The number of hydrogen-bond donors (Lipinski definition) is 0. The minimum Gasteiger partial charge on any atom is -0.466 e. The van der Waals surface area contributed by atoms with Crippen molar-refractivity contribution in [1.82, 2.24) is 0 Å². The van der Waals surface area contributed by atoms with Crippen LogP contribution in [0.25, 0.3) is 0 Å². The van der Waals surface area contributed by atoms with E-state index in [2.05, 4.69) is 13.8 Å². The molecule has 0 aromatic heterocycles. The fraction of sp³-hybridized carbons (Fsp3) is 0.944. The highest BCUT2D eigenvalue weighted by Gasteiger charge is 2.02. The summed E-state index contributed by atoms with van der Waals surface area (Å²) < 4.78 is 21.4. The highest BCUT2D eigenvalue weighted by atomic mass is 16.5. The summed E-state index contributed by atoms with van der Waals surface area (Å²) in [6, 6.07) is 0. The lowest BCUT2D eigenvalue weighted by Crippen LogP contribution is -2.11. The van der Waals surface area contributed by atoms with Gasteiger partial charge in [-0.25, -0.2) is 0 Å². The van der Waals surface area contributed by atoms with Crippen molar-refractivity contribution in [2.45, 2.75) is 65.2 Å². The molecule has 0 amide bonds. The average Bonchev–Trinajstić information content (AvgIpc) is 2.56. The summed E-state index contributed by atoms with van der Waals surface area (Å²) in [4.78, 5) is 11.4. The van der Waals surface area contributed by atoms with Gasteiger partial charge in [-0.2, -0.15) is 0 Å². The van der Waals surface area contributed by atoms with E-state index < -0.39 is 0 Å². The lowest BCUT2D eigenvalue weighted by molar-refractivity contribution is -0.144. The molecule has 0 aliphatic heterocycles. The predicted molar refractivity (Wildman–Crippen MR) is 91.7 cm³/mol. The van der Waals surface area contributed by atoms with Gasteiger partial charge in [-0.05, 0) is 19.3 Å². The van der Waals surface area contributed by atoms with E-state index in [0.717, 1.165) is 32.3 Å². The predicted octanol–water partition coefficient (Wildman–Crippen LogP) is 3.74. The normalized spacial score (nSPS) is 10.9. The number of unbranched alkanes of at least 4 members (excludes halogenated alkanes) is 4. The molecule has 0 atom stereocenters. The van der Waals surface area contributed by atoms with Gasteiger partial charge in [0.1, 0.15) is 0 Å². The standard InChI is InChI=1S/C18H36O5/c1-3-5-7-11-20-14-16-22-17-15-21-12-9-10-18(19)23-13-8-6-4-2/h3-17H2,1-2H3. The number of esters is 1. The summed E-state index contributed by atoms with van der Waals surface area (Å²) in [5.41, 5.74) is 0. The summed E-state index contributed by atoms with van der Waals surface area (Å²) in [6.45, 7) is 8.63. The maximum Gasteiger partial charge on any atom is 0.305 e. The Balaban J connectivity index is 3.08. The van der Waals surface area contributed by atoms with Crippen LogP contribution in [0.3, 0.4) is 0 Å². The molecule has 0 bridgehead atoms. The number of carbonyl (C=O) groups is 1.